The molecule has 3 aromatic rings. The number of aryl methyl sites for hydroxylation is 1. The largest absolute Gasteiger partial charge is 0.508 e. The van der Waals surface area contributed by atoms with E-state index in [1.807, 2.05) is 31.2 Å². The first kappa shape index (κ1) is 21.6. The van der Waals surface area contributed by atoms with Crippen molar-refractivity contribution in [1.82, 2.24) is 4.98 Å². The van der Waals surface area contributed by atoms with Crippen LogP contribution in [0.3, 0.4) is 0 Å². The molecule has 3 N–H and O–H groups in total. The number of phenols is 1. The van der Waals surface area contributed by atoms with Crippen molar-refractivity contribution in [2.75, 3.05) is 25.1 Å². The number of hydrogen-bond donors (Lipinski definition) is 2. The van der Waals surface area contributed by atoms with Crippen LogP contribution in [0.1, 0.15) is 24.0 Å². The second-order valence-corrected chi connectivity index (χ2v) is 8.04. The van der Waals surface area contributed by atoms with Gasteiger partial charge in [-0.1, -0.05) is 18.2 Å². The molecule has 2 aromatic carbocycles. The van der Waals surface area contributed by atoms with Crippen LogP contribution in [0.15, 0.2) is 42.5 Å². The Balaban J connectivity index is 1.94. The lowest BCUT2D eigenvalue weighted by atomic mass is 9.96. The summed E-state index contributed by atoms with van der Waals surface area (Å²) in [7, 11) is 1.58. The number of nitrogens with two attached hydrogens (primary N) is 1. The number of nitriles is 1. The molecule has 7 heteroatoms. The van der Waals surface area contributed by atoms with Gasteiger partial charge >= 0.3 is 0 Å². The van der Waals surface area contributed by atoms with Gasteiger partial charge < -0.3 is 20.5 Å². The van der Waals surface area contributed by atoms with E-state index >= 15 is 0 Å². The van der Waals surface area contributed by atoms with Gasteiger partial charge in [-0.2, -0.15) is 5.26 Å². The van der Waals surface area contributed by atoms with Gasteiger partial charge in [-0.15, -0.1) is 0 Å². The summed E-state index contributed by atoms with van der Waals surface area (Å²) in [5, 5.41) is 19.4. The third-order valence-corrected chi connectivity index (χ3v) is 5.91. The average Bonchev–Trinajstić information content (AvgIpc) is 2.80. The van der Waals surface area contributed by atoms with Gasteiger partial charge in [0.1, 0.15) is 29.2 Å². The quantitative estimate of drug-likeness (QED) is 0.635. The molecule has 6 nitrogen and oxygen atoms in total. The first-order chi connectivity index (χ1) is 15.4. The molecule has 1 aliphatic rings. The lowest BCUT2D eigenvalue weighted by Crippen LogP contribution is -2.40. The van der Waals surface area contributed by atoms with E-state index in [1.165, 1.54) is 12.1 Å². The van der Waals surface area contributed by atoms with Gasteiger partial charge in [-0.25, -0.2) is 9.37 Å². The van der Waals surface area contributed by atoms with E-state index in [2.05, 4.69) is 4.90 Å². The van der Waals surface area contributed by atoms with Crippen molar-refractivity contribution in [1.29, 1.82) is 5.26 Å². The Bertz CT molecular complexity index is 1200. The third kappa shape index (κ3) is 4.10. The maximum Gasteiger partial charge on any atom is 0.141 e. The second kappa shape index (κ2) is 8.85. The van der Waals surface area contributed by atoms with Gasteiger partial charge in [0.05, 0.1) is 23.9 Å². The number of methoxy groups -OCH3 is 1. The molecule has 0 amide bonds. The number of aromatic nitrogens is 1. The van der Waals surface area contributed by atoms with Crippen molar-refractivity contribution in [2.24, 2.45) is 5.73 Å². The number of anilines is 1. The smallest absolute Gasteiger partial charge is 0.141 e. The van der Waals surface area contributed by atoms with E-state index in [0.29, 0.717) is 34.0 Å². The molecule has 0 unspecified atom stereocenters. The number of ether oxygens (including phenoxy) is 1. The molecule has 0 spiro atoms. The van der Waals surface area contributed by atoms with Gasteiger partial charge in [0.2, 0.25) is 0 Å². The first-order valence-electron chi connectivity index (χ1n) is 10.5. The van der Waals surface area contributed by atoms with Gasteiger partial charge in [-0.3, -0.25) is 0 Å². The summed E-state index contributed by atoms with van der Waals surface area (Å²) < 4.78 is 20.3. The average molecular weight is 432 g/mol. The monoisotopic (exact) mass is 432 g/mol. The molecule has 164 valence electrons. The summed E-state index contributed by atoms with van der Waals surface area (Å²) in [5.41, 5.74) is 9.15. The van der Waals surface area contributed by atoms with Gasteiger partial charge in [0.25, 0.3) is 0 Å². The SMILES string of the molecule is COc1cc(N2CCC(N)CC2)nc(-c2ccc(C#N)c(F)c2)c1-c1ccc(C)c(O)c1. The van der Waals surface area contributed by atoms with Crippen LogP contribution < -0.4 is 15.4 Å². The number of hydrogen-bond acceptors (Lipinski definition) is 6. The molecule has 0 aliphatic carbocycles. The molecule has 2 heterocycles. The predicted molar refractivity (Wildman–Crippen MR) is 122 cm³/mol. The Labute approximate surface area is 186 Å². The molecule has 1 saturated heterocycles. The number of piperidine rings is 1. The van der Waals surface area contributed by atoms with E-state index in [-0.39, 0.29) is 17.4 Å². The van der Waals surface area contributed by atoms with Crippen molar-refractivity contribution in [3.05, 3.63) is 59.4 Å². The summed E-state index contributed by atoms with van der Waals surface area (Å²) in [6.45, 7) is 3.35. The number of phenolic OH excluding ortho intramolecular Hbond substituents is 1. The molecule has 4 rings (SSSR count). The number of nitrogens with zero attached hydrogens (tertiary/aromatic N) is 3. The minimum Gasteiger partial charge on any atom is -0.508 e. The standard InChI is InChI=1S/C25H25FN4O2/c1-15-3-4-16(12-21(15)31)24-22(32-2)13-23(30-9-7-19(28)8-10-30)29-25(24)17-5-6-18(14-27)20(26)11-17/h3-6,11-13,19,31H,7-10,28H2,1-2H3. The Kier molecular flexibility index (Phi) is 5.97. The number of benzene rings is 2. The van der Waals surface area contributed by atoms with Gasteiger partial charge in [-0.05, 0) is 49.1 Å². The fraction of sp³-hybridized carbons (Fsp3) is 0.280. The summed E-state index contributed by atoms with van der Waals surface area (Å²) >= 11 is 0. The highest BCUT2D eigenvalue weighted by Gasteiger charge is 2.23. The highest BCUT2D eigenvalue weighted by atomic mass is 19.1. The minimum atomic E-state index is -0.613. The van der Waals surface area contributed by atoms with Crippen molar-refractivity contribution < 1.29 is 14.2 Å². The number of pyridine rings is 1. The lowest BCUT2D eigenvalue weighted by Gasteiger charge is -2.32. The van der Waals surface area contributed by atoms with E-state index < -0.39 is 5.82 Å². The molecule has 0 saturated carbocycles. The maximum atomic E-state index is 14.5. The van der Waals surface area contributed by atoms with Crippen LogP contribution in [0.5, 0.6) is 11.5 Å². The Hall–Kier alpha value is -3.63. The summed E-state index contributed by atoms with van der Waals surface area (Å²) in [4.78, 5) is 7.04. The van der Waals surface area contributed by atoms with Crippen LogP contribution in [-0.4, -0.2) is 36.3 Å². The molecule has 1 fully saturated rings. The highest BCUT2D eigenvalue weighted by molar-refractivity contribution is 5.87. The second-order valence-electron chi connectivity index (χ2n) is 8.04. The topological polar surface area (TPSA) is 95.4 Å². The Morgan fingerprint density at radius 2 is 1.88 bits per heavy atom. The van der Waals surface area contributed by atoms with Crippen LogP contribution in [0.25, 0.3) is 22.4 Å². The molecular formula is C25H25FN4O2. The summed E-state index contributed by atoms with van der Waals surface area (Å²) in [6.07, 6.45) is 1.72. The molecule has 1 aromatic heterocycles. The molecular weight excluding hydrogens is 407 g/mol. The Morgan fingerprint density at radius 3 is 2.50 bits per heavy atom. The Morgan fingerprint density at radius 1 is 1.16 bits per heavy atom. The number of aromatic hydroxyl groups is 1. The van der Waals surface area contributed by atoms with Crippen molar-refractivity contribution in [3.8, 4) is 40.0 Å². The van der Waals surface area contributed by atoms with Crippen LogP contribution in [0.2, 0.25) is 0 Å². The van der Waals surface area contributed by atoms with Crippen LogP contribution >= 0.6 is 0 Å². The third-order valence-electron chi connectivity index (χ3n) is 5.91. The van der Waals surface area contributed by atoms with Crippen LogP contribution in [-0.2, 0) is 0 Å². The zero-order chi connectivity index (χ0) is 22.8. The summed E-state index contributed by atoms with van der Waals surface area (Å²) in [5.74, 6) is 0.815. The zero-order valence-corrected chi connectivity index (χ0v) is 18.1. The molecule has 32 heavy (non-hydrogen) atoms. The fourth-order valence-corrected chi connectivity index (χ4v) is 3.97. The fourth-order valence-electron chi connectivity index (χ4n) is 3.97. The predicted octanol–water partition coefficient (Wildman–Crippen LogP) is 4.38. The maximum absolute atomic E-state index is 14.5. The highest BCUT2D eigenvalue weighted by Crippen LogP contribution is 2.42. The molecule has 1 aliphatic heterocycles. The van der Waals surface area contributed by atoms with Crippen LogP contribution in [0, 0.1) is 24.1 Å². The lowest BCUT2D eigenvalue weighted by molar-refractivity contribution is 0.415. The van der Waals surface area contributed by atoms with Gasteiger partial charge in [0.15, 0.2) is 0 Å². The van der Waals surface area contributed by atoms with E-state index in [0.717, 1.165) is 31.5 Å². The van der Waals surface area contributed by atoms with Crippen molar-refractivity contribution >= 4 is 5.82 Å². The molecule has 0 radical (unpaired) electrons. The molecule has 0 bridgehead atoms. The summed E-state index contributed by atoms with van der Waals surface area (Å²) in [6, 6.07) is 13.7. The van der Waals surface area contributed by atoms with Crippen molar-refractivity contribution in [2.45, 2.75) is 25.8 Å². The van der Waals surface area contributed by atoms with Gasteiger partial charge in [0, 0.05) is 30.8 Å². The van der Waals surface area contributed by atoms with E-state index in [9.17, 15) is 9.50 Å². The normalized spacial score (nSPS) is 14.3. The minimum absolute atomic E-state index is 0.0311. The van der Waals surface area contributed by atoms with E-state index in [4.69, 9.17) is 20.7 Å². The number of rotatable bonds is 4. The zero-order valence-electron chi connectivity index (χ0n) is 18.1. The van der Waals surface area contributed by atoms with E-state index in [1.54, 1.807) is 19.2 Å². The number of halogens is 1. The first-order valence-corrected chi connectivity index (χ1v) is 10.5. The van der Waals surface area contributed by atoms with Crippen LogP contribution in [0.4, 0.5) is 10.2 Å². The van der Waals surface area contributed by atoms with Crippen molar-refractivity contribution in [3.63, 3.8) is 0 Å². The molecule has 0 atom stereocenters.